The van der Waals surface area contributed by atoms with Gasteiger partial charge in [0.05, 0.1) is 11.5 Å². The van der Waals surface area contributed by atoms with Crippen LogP contribution >= 0.6 is 11.6 Å². The molecule has 4 aromatic rings. The molecule has 2 aromatic heterocycles. The number of amides is 1. The molecule has 0 saturated heterocycles. The van der Waals surface area contributed by atoms with Crippen molar-refractivity contribution in [2.45, 2.75) is 12.8 Å². The molecule has 1 atom stereocenters. The molecule has 0 aliphatic rings. The topological polar surface area (TPSA) is 68.0 Å². The summed E-state index contributed by atoms with van der Waals surface area (Å²) in [7, 11) is 0. The lowest BCUT2D eigenvalue weighted by Crippen LogP contribution is -2.18. The fourth-order valence-electron chi connectivity index (χ4n) is 3.14. The Morgan fingerprint density at radius 1 is 1.10 bits per heavy atom. The van der Waals surface area contributed by atoms with Crippen LogP contribution in [0.3, 0.4) is 0 Å². The van der Waals surface area contributed by atoms with Crippen molar-refractivity contribution in [3.8, 4) is 22.4 Å². The molecule has 5 nitrogen and oxygen atoms in total. The van der Waals surface area contributed by atoms with Gasteiger partial charge in [0.25, 0.3) is 0 Å². The van der Waals surface area contributed by atoms with E-state index in [1.165, 1.54) is 12.1 Å². The number of benzene rings is 2. The van der Waals surface area contributed by atoms with E-state index in [4.69, 9.17) is 16.1 Å². The Morgan fingerprint density at radius 3 is 2.53 bits per heavy atom. The maximum Gasteiger partial charge on any atom is 0.239 e. The first-order chi connectivity index (χ1) is 14.5. The highest BCUT2D eigenvalue weighted by Crippen LogP contribution is 2.39. The second-order valence-corrected chi connectivity index (χ2v) is 7.15. The van der Waals surface area contributed by atoms with Gasteiger partial charge < -0.3 is 4.52 Å². The molecule has 1 amide bonds. The molecule has 0 spiro atoms. The fourth-order valence-corrected chi connectivity index (χ4v) is 3.30. The van der Waals surface area contributed by atoms with Gasteiger partial charge in [0.15, 0.2) is 0 Å². The molecule has 0 saturated carbocycles. The molecular weight excluding hydrogens is 405 g/mol. The van der Waals surface area contributed by atoms with Crippen molar-refractivity contribution in [2.75, 3.05) is 5.32 Å². The predicted octanol–water partition coefficient (Wildman–Crippen LogP) is 5.94. The fraction of sp³-hybridized carbons (Fsp3) is 0.0870. The van der Waals surface area contributed by atoms with Crippen LogP contribution < -0.4 is 5.32 Å². The molecule has 2 aromatic carbocycles. The van der Waals surface area contributed by atoms with Crippen LogP contribution in [0.4, 0.5) is 10.3 Å². The highest BCUT2D eigenvalue weighted by atomic mass is 35.5. The van der Waals surface area contributed by atoms with E-state index in [1.807, 2.05) is 30.3 Å². The zero-order chi connectivity index (χ0) is 21.1. The van der Waals surface area contributed by atoms with Gasteiger partial charge in [-0.3, -0.25) is 15.1 Å². The van der Waals surface area contributed by atoms with E-state index in [9.17, 15) is 9.18 Å². The summed E-state index contributed by atoms with van der Waals surface area (Å²) in [5, 5.41) is 7.11. The van der Waals surface area contributed by atoms with E-state index in [0.29, 0.717) is 11.1 Å². The number of rotatable bonds is 5. The molecule has 0 aliphatic carbocycles. The van der Waals surface area contributed by atoms with E-state index in [-0.39, 0.29) is 28.1 Å². The van der Waals surface area contributed by atoms with Crippen LogP contribution in [0.2, 0.25) is 5.02 Å². The lowest BCUT2D eigenvalue weighted by molar-refractivity contribution is -0.117. The number of carbonyl (C=O) groups is 1. The van der Waals surface area contributed by atoms with Gasteiger partial charge in [0.1, 0.15) is 11.5 Å². The van der Waals surface area contributed by atoms with Crippen LogP contribution in [0.5, 0.6) is 0 Å². The van der Waals surface area contributed by atoms with Crippen molar-refractivity contribution in [1.82, 2.24) is 10.1 Å². The average molecular weight is 422 g/mol. The Balaban J connectivity index is 1.75. The zero-order valence-electron chi connectivity index (χ0n) is 16.0. The van der Waals surface area contributed by atoms with Crippen LogP contribution in [0, 0.1) is 5.82 Å². The Kier molecular flexibility index (Phi) is 5.59. The van der Waals surface area contributed by atoms with Gasteiger partial charge in [-0.25, -0.2) is 4.39 Å². The standard InChI is InChI=1S/C23H17ClFN3O2/c1-14(15-5-3-2-4-6-15)22(29)27-23-20(16-9-11-26-12-10-16)21(28-30-23)18-8-7-17(24)13-19(18)25/h2-14H,1H3,(H,27,29). The van der Waals surface area contributed by atoms with E-state index < -0.39 is 11.7 Å². The van der Waals surface area contributed by atoms with Gasteiger partial charge in [-0.15, -0.1) is 0 Å². The van der Waals surface area contributed by atoms with Crippen LogP contribution in [0.25, 0.3) is 22.4 Å². The summed E-state index contributed by atoms with van der Waals surface area (Å²) in [6.45, 7) is 1.80. The van der Waals surface area contributed by atoms with E-state index in [1.54, 1.807) is 37.5 Å². The smallest absolute Gasteiger partial charge is 0.239 e. The SMILES string of the molecule is CC(C(=O)Nc1onc(-c2ccc(Cl)cc2F)c1-c1ccncc1)c1ccccc1. The second kappa shape index (κ2) is 8.47. The lowest BCUT2D eigenvalue weighted by Gasteiger charge is -2.12. The molecule has 1 N–H and O–H groups in total. The van der Waals surface area contributed by atoms with Gasteiger partial charge in [-0.1, -0.05) is 47.1 Å². The van der Waals surface area contributed by atoms with Crippen molar-refractivity contribution in [1.29, 1.82) is 0 Å². The van der Waals surface area contributed by atoms with Crippen LogP contribution in [0.1, 0.15) is 18.4 Å². The van der Waals surface area contributed by atoms with Crippen LogP contribution in [0.15, 0.2) is 77.6 Å². The summed E-state index contributed by atoms with van der Waals surface area (Å²) in [6, 6.07) is 17.2. The molecule has 2 heterocycles. The minimum atomic E-state index is -0.540. The lowest BCUT2D eigenvalue weighted by atomic mass is 9.99. The monoisotopic (exact) mass is 421 g/mol. The third kappa shape index (κ3) is 3.95. The molecule has 1 unspecified atom stereocenters. The zero-order valence-corrected chi connectivity index (χ0v) is 16.7. The molecule has 30 heavy (non-hydrogen) atoms. The molecule has 0 fully saturated rings. The molecule has 0 bridgehead atoms. The summed E-state index contributed by atoms with van der Waals surface area (Å²) in [4.78, 5) is 16.9. The summed E-state index contributed by atoms with van der Waals surface area (Å²) >= 11 is 5.88. The predicted molar refractivity (Wildman–Crippen MR) is 114 cm³/mol. The summed E-state index contributed by atoms with van der Waals surface area (Å²) in [5.74, 6) is -1.09. The highest BCUT2D eigenvalue weighted by Gasteiger charge is 2.25. The molecule has 150 valence electrons. The third-order valence-electron chi connectivity index (χ3n) is 4.78. The minimum Gasteiger partial charge on any atom is -0.337 e. The number of hydrogen-bond donors (Lipinski definition) is 1. The van der Waals surface area contributed by atoms with Gasteiger partial charge >= 0.3 is 0 Å². The maximum absolute atomic E-state index is 14.6. The van der Waals surface area contributed by atoms with Crippen molar-refractivity contribution in [3.63, 3.8) is 0 Å². The quantitative estimate of drug-likeness (QED) is 0.433. The summed E-state index contributed by atoms with van der Waals surface area (Å²) in [6.07, 6.45) is 3.20. The maximum atomic E-state index is 14.6. The van der Waals surface area contributed by atoms with Crippen LogP contribution in [-0.4, -0.2) is 16.0 Å². The Morgan fingerprint density at radius 2 is 1.83 bits per heavy atom. The van der Waals surface area contributed by atoms with Crippen molar-refractivity contribution < 1.29 is 13.7 Å². The van der Waals surface area contributed by atoms with E-state index in [0.717, 1.165) is 5.56 Å². The Hall–Kier alpha value is -3.51. The van der Waals surface area contributed by atoms with Gasteiger partial charge in [-0.05, 0) is 48.4 Å². The third-order valence-corrected chi connectivity index (χ3v) is 5.01. The minimum absolute atomic E-state index is 0.137. The first-order valence-electron chi connectivity index (χ1n) is 9.26. The molecule has 0 aliphatic heterocycles. The molecule has 0 radical (unpaired) electrons. The molecular formula is C23H17ClFN3O2. The molecule has 4 rings (SSSR count). The van der Waals surface area contributed by atoms with Gasteiger partial charge in [0.2, 0.25) is 11.8 Å². The van der Waals surface area contributed by atoms with Crippen molar-refractivity contribution in [3.05, 3.63) is 89.5 Å². The number of carbonyl (C=O) groups excluding carboxylic acids is 1. The van der Waals surface area contributed by atoms with Gasteiger partial charge in [-0.2, -0.15) is 0 Å². The van der Waals surface area contributed by atoms with Crippen molar-refractivity contribution >= 4 is 23.4 Å². The number of pyridine rings is 1. The van der Waals surface area contributed by atoms with Crippen molar-refractivity contribution in [2.24, 2.45) is 0 Å². The normalized spacial score (nSPS) is 11.8. The summed E-state index contributed by atoms with van der Waals surface area (Å²) in [5.41, 5.74) is 2.49. The largest absolute Gasteiger partial charge is 0.337 e. The first-order valence-corrected chi connectivity index (χ1v) is 9.63. The van der Waals surface area contributed by atoms with Gasteiger partial charge in [0, 0.05) is 23.0 Å². The Bertz CT molecular complexity index is 1180. The number of nitrogens with one attached hydrogen (secondary N) is 1. The number of aromatic nitrogens is 2. The second-order valence-electron chi connectivity index (χ2n) is 6.72. The highest BCUT2D eigenvalue weighted by molar-refractivity contribution is 6.30. The summed E-state index contributed by atoms with van der Waals surface area (Å²) < 4.78 is 20.0. The Labute approximate surface area is 177 Å². The average Bonchev–Trinajstić information content (AvgIpc) is 3.17. The number of nitrogens with zero attached hydrogens (tertiary/aromatic N) is 2. The van der Waals surface area contributed by atoms with Crippen LogP contribution in [-0.2, 0) is 4.79 Å². The molecule has 7 heteroatoms. The number of hydrogen-bond acceptors (Lipinski definition) is 4. The number of halogens is 2. The van der Waals surface area contributed by atoms with E-state index in [2.05, 4.69) is 15.5 Å². The van der Waals surface area contributed by atoms with E-state index >= 15 is 0 Å². The first kappa shape index (κ1) is 19.8. The number of anilines is 1.